The Labute approximate surface area is 279 Å². The number of aromatic hydroxyl groups is 1. The molecule has 45 heavy (non-hydrogen) atoms. The molecule has 3 amide bonds. The van der Waals surface area contributed by atoms with Crippen LogP contribution in [0.4, 0.5) is 10.5 Å². The number of pyridine rings is 1. The maximum atomic E-state index is 13.7. The highest BCUT2D eigenvalue weighted by Gasteiger charge is 2.30. The van der Waals surface area contributed by atoms with Crippen LogP contribution >= 0.6 is 31.9 Å². The van der Waals surface area contributed by atoms with Gasteiger partial charge in [-0.1, -0.05) is 30.3 Å². The van der Waals surface area contributed by atoms with E-state index in [1.54, 1.807) is 29.4 Å². The minimum Gasteiger partial charge on any atom is -0.506 e. The third-order valence-corrected chi connectivity index (χ3v) is 8.71. The minimum atomic E-state index is -0.909. The number of rotatable bonds is 13. The van der Waals surface area contributed by atoms with Crippen LogP contribution < -0.4 is 21.3 Å². The molecule has 0 bridgehead atoms. The van der Waals surface area contributed by atoms with Crippen LogP contribution in [0, 0.1) is 0 Å². The Bertz CT molecular complexity index is 1400. The zero-order valence-electron chi connectivity index (χ0n) is 24.8. The van der Waals surface area contributed by atoms with Gasteiger partial charge in [0.1, 0.15) is 18.4 Å². The molecule has 0 unspecified atom stereocenters. The molecule has 2 atom stereocenters. The predicted octanol–water partition coefficient (Wildman–Crippen LogP) is 4.11. The van der Waals surface area contributed by atoms with E-state index in [-0.39, 0.29) is 24.7 Å². The Hall–Kier alpha value is -3.68. The number of phenols is 1. The number of phenolic OH excluding ortho intramolecular Hbond substituents is 1. The molecule has 4 rings (SSSR count). The van der Waals surface area contributed by atoms with Crippen LogP contribution in [0.15, 0.2) is 75.9 Å². The lowest BCUT2D eigenvalue weighted by Gasteiger charge is -2.37. The molecule has 2 heterocycles. The Kier molecular flexibility index (Phi) is 13.0. The number of nitrogens with zero attached hydrogens (tertiary/aromatic N) is 3. The monoisotopic (exact) mass is 744 g/mol. The summed E-state index contributed by atoms with van der Waals surface area (Å²) in [7, 11) is 0. The van der Waals surface area contributed by atoms with Crippen molar-refractivity contribution in [2.45, 2.75) is 44.4 Å². The molecule has 0 saturated carbocycles. The van der Waals surface area contributed by atoms with E-state index >= 15 is 0 Å². The largest absolute Gasteiger partial charge is 0.506 e. The molecular formula is C32H38Br2N6O5. The number of nitrogens with one attached hydrogen (secondary N) is 2. The van der Waals surface area contributed by atoms with E-state index in [1.807, 2.05) is 42.5 Å². The molecule has 1 fully saturated rings. The van der Waals surface area contributed by atoms with Gasteiger partial charge in [-0.2, -0.15) is 0 Å². The van der Waals surface area contributed by atoms with Crippen molar-refractivity contribution in [3.63, 3.8) is 0 Å². The van der Waals surface area contributed by atoms with Gasteiger partial charge in [-0.15, -0.1) is 0 Å². The number of carbonyl (C=O) groups is 3. The smallest absolute Gasteiger partial charge is 0.407 e. The summed E-state index contributed by atoms with van der Waals surface area (Å²) >= 11 is 6.61. The van der Waals surface area contributed by atoms with Gasteiger partial charge in [0.2, 0.25) is 11.8 Å². The summed E-state index contributed by atoms with van der Waals surface area (Å²) in [6, 6.07) is 15.0. The van der Waals surface area contributed by atoms with Gasteiger partial charge >= 0.3 is 6.09 Å². The van der Waals surface area contributed by atoms with Crippen molar-refractivity contribution in [3.8, 4) is 5.75 Å². The molecule has 3 aromatic rings. The number of hydrogen-bond acceptors (Lipinski definition) is 8. The van der Waals surface area contributed by atoms with Gasteiger partial charge < -0.3 is 36.0 Å². The maximum absolute atomic E-state index is 13.7. The first kappa shape index (κ1) is 34.2. The molecule has 5 N–H and O–H groups in total. The number of carbonyl (C=O) groups excluding carboxylic acids is 3. The Morgan fingerprint density at radius 2 is 1.62 bits per heavy atom. The van der Waals surface area contributed by atoms with Gasteiger partial charge in [-0.25, -0.2) is 4.79 Å². The SMILES string of the molecule is N[C@H](Cc1cc(Br)c(O)c(Br)c1)C(=O)N[C@H](CCCCNC(=O)OCc1ccccc1)C(=O)N1CCN(c2ccncc2)CC1. The zero-order chi connectivity index (χ0) is 32.2. The zero-order valence-corrected chi connectivity index (χ0v) is 28.0. The number of aromatic nitrogens is 1. The van der Waals surface area contributed by atoms with Crippen LogP contribution in [0.25, 0.3) is 0 Å². The van der Waals surface area contributed by atoms with Crippen LogP contribution in [0.2, 0.25) is 0 Å². The summed E-state index contributed by atoms with van der Waals surface area (Å²) < 4.78 is 6.22. The lowest BCUT2D eigenvalue weighted by Crippen LogP contribution is -2.57. The summed E-state index contributed by atoms with van der Waals surface area (Å²) in [5, 5.41) is 15.6. The van der Waals surface area contributed by atoms with E-state index in [2.05, 4.69) is 52.4 Å². The molecule has 2 aromatic carbocycles. The quantitative estimate of drug-likeness (QED) is 0.191. The highest BCUT2D eigenvalue weighted by atomic mass is 79.9. The minimum absolute atomic E-state index is 0.0606. The number of benzene rings is 2. The number of amides is 3. The number of nitrogens with two attached hydrogens (primary N) is 1. The van der Waals surface area contributed by atoms with Crippen molar-refractivity contribution in [1.82, 2.24) is 20.5 Å². The topological polar surface area (TPSA) is 150 Å². The van der Waals surface area contributed by atoms with Gasteiger partial charge in [-0.3, -0.25) is 14.6 Å². The van der Waals surface area contributed by atoms with Gasteiger partial charge in [0.25, 0.3) is 0 Å². The van der Waals surface area contributed by atoms with E-state index in [4.69, 9.17) is 10.5 Å². The Balaban J connectivity index is 1.31. The van der Waals surface area contributed by atoms with Crippen LogP contribution in [0.5, 0.6) is 5.75 Å². The van der Waals surface area contributed by atoms with Crippen LogP contribution in [-0.4, -0.2) is 77.7 Å². The number of ether oxygens (including phenoxy) is 1. The highest BCUT2D eigenvalue weighted by molar-refractivity contribution is 9.11. The number of hydrogen-bond donors (Lipinski definition) is 4. The van der Waals surface area contributed by atoms with Crippen molar-refractivity contribution in [1.29, 1.82) is 0 Å². The highest BCUT2D eigenvalue weighted by Crippen LogP contribution is 2.33. The summed E-state index contributed by atoms with van der Waals surface area (Å²) in [4.78, 5) is 47.1. The van der Waals surface area contributed by atoms with E-state index < -0.39 is 24.1 Å². The van der Waals surface area contributed by atoms with Gasteiger partial charge in [0.05, 0.1) is 15.0 Å². The average Bonchev–Trinajstić information content (AvgIpc) is 3.06. The number of unbranched alkanes of at least 4 members (excludes halogenated alkanes) is 1. The van der Waals surface area contributed by atoms with Crippen LogP contribution in [-0.2, 0) is 27.4 Å². The first-order valence-electron chi connectivity index (χ1n) is 14.8. The second-order valence-electron chi connectivity index (χ2n) is 10.8. The fraction of sp³-hybridized carbons (Fsp3) is 0.375. The average molecular weight is 747 g/mol. The summed E-state index contributed by atoms with van der Waals surface area (Å²) in [5.41, 5.74) is 8.97. The lowest BCUT2D eigenvalue weighted by atomic mass is 10.0. The second kappa shape index (κ2) is 17.1. The standard InChI is InChI=1S/C32H38Br2N6O5/c33-25-18-23(19-26(34)29(25)41)20-27(35)30(42)38-28(8-4-5-11-37-32(44)45-21-22-6-2-1-3-7-22)31(43)40-16-14-39(15-17-40)24-9-12-36-13-10-24/h1-3,6-7,9-10,12-13,18-19,27-28,41H,4-5,8,11,14-17,20-21,35H2,(H,37,44)(H,38,42)/t27-,28-/m1/s1. The molecule has 1 aliphatic heterocycles. The van der Waals surface area contributed by atoms with E-state index in [9.17, 15) is 19.5 Å². The van der Waals surface area contributed by atoms with Crippen molar-refractivity contribution >= 4 is 55.5 Å². The predicted molar refractivity (Wildman–Crippen MR) is 179 cm³/mol. The van der Waals surface area contributed by atoms with Crippen LogP contribution in [0.3, 0.4) is 0 Å². The van der Waals surface area contributed by atoms with Crippen molar-refractivity contribution in [2.24, 2.45) is 5.73 Å². The molecule has 0 aliphatic carbocycles. The second-order valence-corrected chi connectivity index (χ2v) is 12.5. The third kappa shape index (κ3) is 10.4. The summed E-state index contributed by atoms with van der Waals surface area (Å²) in [6.07, 6.45) is 4.76. The molecule has 0 radical (unpaired) electrons. The Morgan fingerprint density at radius 3 is 2.29 bits per heavy atom. The molecule has 240 valence electrons. The fourth-order valence-corrected chi connectivity index (χ4v) is 6.30. The van der Waals surface area contributed by atoms with E-state index in [0.717, 1.165) is 16.8 Å². The molecule has 0 spiro atoms. The number of halogens is 2. The maximum Gasteiger partial charge on any atom is 0.407 e. The molecule has 13 heteroatoms. The van der Waals surface area contributed by atoms with E-state index in [0.29, 0.717) is 60.9 Å². The van der Waals surface area contributed by atoms with Gasteiger partial charge in [0.15, 0.2) is 0 Å². The van der Waals surface area contributed by atoms with Crippen molar-refractivity contribution in [3.05, 3.63) is 87.1 Å². The molecule has 11 nitrogen and oxygen atoms in total. The van der Waals surface area contributed by atoms with Gasteiger partial charge in [0, 0.05) is 50.8 Å². The van der Waals surface area contributed by atoms with Crippen molar-refractivity contribution in [2.75, 3.05) is 37.6 Å². The third-order valence-electron chi connectivity index (χ3n) is 7.50. The summed E-state index contributed by atoms with van der Waals surface area (Å²) in [5.74, 6) is -0.535. The molecular weight excluding hydrogens is 708 g/mol. The first-order chi connectivity index (χ1) is 21.7. The molecule has 1 saturated heterocycles. The van der Waals surface area contributed by atoms with E-state index in [1.165, 1.54) is 0 Å². The first-order valence-corrected chi connectivity index (χ1v) is 16.4. The number of piperazine rings is 1. The molecule has 1 aliphatic rings. The summed E-state index contributed by atoms with van der Waals surface area (Å²) in [6.45, 7) is 2.91. The van der Waals surface area contributed by atoms with Gasteiger partial charge in [-0.05, 0) is 92.9 Å². The van der Waals surface area contributed by atoms with Crippen molar-refractivity contribution < 1.29 is 24.2 Å². The Morgan fingerprint density at radius 1 is 0.956 bits per heavy atom. The molecule has 1 aromatic heterocycles. The van der Waals surface area contributed by atoms with Crippen LogP contribution in [0.1, 0.15) is 30.4 Å². The number of anilines is 1. The normalized spacial score (nSPS) is 14.4. The number of alkyl carbamates (subject to hydrolysis) is 1. The lowest BCUT2D eigenvalue weighted by molar-refractivity contribution is -0.137. The fourth-order valence-electron chi connectivity index (χ4n) is 5.02.